The molecule has 0 spiro atoms. The number of aromatic nitrogens is 2. The van der Waals surface area contributed by atoms with E-state index in [9.17, 15) is 4.79 Å². The number of carbonyl (C=O) groups is 1. The van der Waals surface area contributed by atoms with Crippen molar-refractivity contribution >= 4 is 5.91 Å². The van der Waals surface area contributed by atoms with Crippen LogP contribution in [0.15, 0.2) is 4.52 Å². The third kappa shape index (κ3) is 4.03. The molecule has 0 radical (unpaired) electrons. The molecule has 0 bridgehead atoms. The lowest BCUT2D eigenvalue weighted by molar-refractivity contribution is -0.126. The Hall–Kier alpha value is -1.43. The average Bonchev–Trinajstić information content (AvgIpc) is 3.23. The molecule has 2 fully saturated rings. The zero-order chi connectivity index (χ0) is 14.7. The van der Waals surface area contributed by atoms with Crippen molar-refractivity contribution < 1.29 is 9.32 Å². The molecule has 1 N–H and O–H groups in total. The van der Waals surface area contributed by atoms with Crippen LogP contribution in [0.2, 0.25) is 0 Å². The molecule has 1 saturated carbocycles. The minimum absolute atomic E-state index is 0.103. The van der Waals surface area contributed by atoms with Crippen LogP contribution in [-0.4, -0.2) is 40.6 Å². The van der Waals surface area contributed by atoms with Gasteiger partial charge in [0.1, 0.15) is 0 Å². The first-order valence-electron chi connectivity index (χ1n) is 8.06. The summed E-state index contributed by atoms with van der Waals surface area (Å²) in [5.41, 5.74) is 0. The predicted octanol–water partition coefficient (Wildman–Crippen LogP) is 1.37. The predicted molar refractivity (Wildman–Crippen MR) is 77.4 cm³/mol. The van der Waals surface area contributed by atoms with Crippen molar-refractivity contribution in [1.29, 1.82) is 0 Å². The molecule has 1 aliphatic heterocycles. The molecule has 1 aromatic heterocycles. The molecule has 0 unspecified atom stereocenters. The van der Waals surface area contributed by atoms with Crippen LogP contribution in [0.25, 0.3) is 0 Å². The van der Waals surface area contributed by atoms with Gasteiger partial charge in [-0.1, -0.05) is 12.1 Å². The lowest BCUT2D eigenvalue weighted by Gasteiger charge is -2.30. The quantitative estimate of drug-likeness (QED) is 0.857. The summed E-state index contributed by atoms with van der Waals surface area (Å²) >= 11 is 0. The first-order valence-corrected chi connectivity index (χ1v) is 8.06. The number of hydrogen-bond donors (Lipinski definition) is 1. The van der Waals surface area contributed by atoms with Crippen molar-refractivity contribution in [1.82, 2.24) is 20.4 Å². The summed E-state index contributed by atoms with van der Waals surface area (Å²) in [5.74, 6) is 2.46. The lowest BCUT2D eigenvalue weighted by atomic mass is 9.97. The van der Waals surface area contributed by atoms with E-state index in [1.165, 1.54) is 12.8 Å². The van der Waals surface area contributed by atoms with Crippen molar-refractivity contribution in [2.75, 3.05) is 19.6 Å². The second-order valence-electron chi connectivity index (χ2n) is 6.22. The Morgan fingerprint density at radius 3 is 3.00 bits per heavy atom. The minimum atomic E-state index is 0.103. The van der Waals surface area contributed by atoms with E-state index >= 15 is 0 Å². The summed E-state index contributed by atoms with van der Waals surface area (Å²) in [5, 5.41) is 7.01. The lowest BCUT2D eigenvalue weighted by Crippen LogP contribution is -2.43. The van der Waals surface area contributed by atoms with Gasteiger partial charge in [0, 0.05) is 19.5 Å². The molecular formula is C15H24N4O2. The highest BCUT2D eigenvalue weighted by molar-refractivity contribution is 5.79. The maximum Gasteiger partial charge on any atom is 0.240 e. The fraction of sp³-hybridized carbons (Fsp3) is 0.800. The summed E-state index contributed by atoms with van der Waals surface area (Å²) in [7, 11) is 0. The van der Waals surface area contributed by atoms with Crippen molar-refractivity contribution in [3.63, 3.8) is 0 Å². The standard InChI is InChI=1S/C15H24N4O2/c1-2-13-17-14(21-18-13)10-19-7-3-4-12(9-19)15(20)16-8-11-5-6-11/h11-12H,2-10H2,1H3,(H,16,20)/t12-/m1/s1. The number of nitrogens with zero attached hydrogens (tertiary/aromatic N) is 3. The number of carbonyl (C=O) groups excluding carboxylic acids is 1. The number of rotatable bonds is 6. The van der Waals surface area contributed by atoms with Gasteiger partial charge in [0.2, 0.25) is 11.8 Å². The van der Waals surface area contributed by atoms with Gasteiger partial charge in [-0.05, 0) is 38.1 Å². The number of amides is 1. The molecule has 1 amide bonds. The van der Waals surface area contributed by atoms with Crippen LogP contribution in [0.4, 0.5) is 0 Å². The molecule has 1 aromatic rings. The first kappa shape index (κ1) is 14.5. The molecule has 3 rings (SSSR count). The SMILES string of the molecule is CCc1noc(CN2CCC[C@@H](C(=O)NCC3CC3)C2)n1. The topological polar surface area (TPSA) is 71.3 Å². The normalized spacial score (nSPS) is 23.2. The molecule has 1 atom stereocenters. The van der Waals surface area contributed by atoms with Crippen LogP contribution >= 0.6 is 0 Å². The van der Waals surface area contributed by atoms with Gasteiger partial charge in [0.15, 0.2) is 5.82 Å². The highest BCUT2D eigenvalue weighted by atomic mass is 16.5. The molecule has 2 heterocycles. The molecule has 1 saturated heterocycles. The number of piperidine rings is 1. The highest BCUT2D eigenvalue weighted by Crippen LogP contribution is 2.28. The summed E-state index contributed by atoms with van der Waals surface area (Å²) in [6, 6.07) is 0. The number of aryl methyl sites for hydroxylation is 1. The molecule has 6 nitrogen and oxygen atoms in total. The maximum atomic E-state index is 12.2. The summed E-state index contributed by atoms with van der Waals surface area (Å²) in [6.07, 6.45) is 5.37. The van der Waals surface area contributed by atoms with E-state index in [4.69, 9.17) is 4.52 Å². The van der Waals surface area contributed by atoms with Crippen LogP contribution < -0.4 is 5.32 Å². The molecule has 116 valence electrons. The Morgan fingerprint density at radius 2 is 2.29 bits per heavy atom. The van der Waals surface area contributed by atoms with Gasteiger partial charge in [-0.15, -0.1) is 0 Å². The highest BCUT2D eigenvalue weighted by Gasteiger charge is 2.28. The fourth-order valence-electron chi connectivity index (χ4n) is 2.81. The Morgan fingerprint density at radius 1 is 1.43 bits per heavy atom. The second kappa shape index (κ2) is 6.56. The van der Waals surface area contributed by atoms with Crippen LogP contribution in [-0.2, 0) is 17.8 Å². The van der Waals surface area contributed by atoms with E-state index in [1.54, 1.807) is 0 Å². The van der Waals surface area contributed by atoms with Gasteiger partial charge in [-0.2, -0.15) is 4.98 Å². The van der Waals surface area contributed by atoms with Gasteiger partial charge in [0.25, 0.3) is 0 Å². The zero-order valence-corrected chi connectivity index (χ0v) is 12.7. The van der Waals surface area contributed by atoms with Crippen LogP contribution in [0, 0.1) is 11.8 Å². The van der Waals surface area contributed by atoms with Crippen molar-refractivity contribution in [3.8, 4) is 0 Å². The summed E-state index contributed by atoms with van der Waals surface area (Å²) in [6.45, 7) is 5.31. The smallest absolute Gasteiger partial charge is 0.240 e. The van der Waals surface area contributed by atoms with E-state index in [2.05, 4.69) is 20.4 Å². The summed E-state index contributed by atoms with van der Waals surface area (Å²) in [4.78, 5) is 18.8. The zero-order valence-electron chi connectivity index (χ0n) is 12.7. The van der Waals surface area contributed by atoms with E-state index in [0.29, 0.717) is 12.4 Å². The minimum Gasteiger partial charge on any atom is -0.356 e. The van der Waals surface area contributed by atoms with Crippen molar-refractivity contribution in [2.45, 2.75) is 45.6 Å². The maximum absolute atomic E-state index is 12.2. The van der Waals surface area contributed by atoms with Gasteiger partial charge in [-0.3, -0.25) is 9.69 Å². The summed E-state index contributed by atoms with van der Waals surface area (Å²) < 4.78 is 5.24. The number of hydrogen-bond acceptors (Lipinski definition) is 5. The van der Waals surface area contributed by atoms with Crippen LogP contribution in [0.5, 0.6) is 0 Å². The van der Waals surface area contributed by atoms with Gasteiger partial charge in [-0.25, -0.2) is 0 Å². The molecular weight excluding hydrogens is 268 g/mol. The third-order valence-electron chi connectivity index (χ3n) is 4.32. The van der Waals surface area contributed by atoms with Gasteiger partial charge in [0.05, 0.1) is 12.5 Å². The Bertz CT molecular complexity index is 484. The Kier molecular flexibility index (Phi) is 4.53. The molecule has 0 aromatic carbocycles. The van der Waals surface area contributed by atoms with Crippen molar-refractivity contribution in [3.05, 3.63) is 11.7 Å². The molecule has 2 aliphatic rings. The van der Waals surface area contributed by atoms with Crippen LogP contribution in [0.1, 0.15) is 44.3 Å². The van der Waals surface area contributed by atoms with E-state index in [0.717, 1.165) is 50.6 Å². The second-order valence-corrected chi connectivity index (χ2v) is 6.22. The third-order valence-corrected chi connectivity index (χ3v) is 4.32. The number of nitrogens with one attached hydrogen (secondary N) is 1. The molecule has 6 heteroatoms. The Balaban J connectivity index is 1.48. The van der Waals surface area contributed by atoms with Gasteiger partial charge >= 0.3 is 0 Å². The number of likely N-dealkylation sites (tertiary alicyclic amines) is 1. The van der Waals surface area contributed by atoms with Crippen LogP contribution in [0.3, 0.4) is 0 Å². The molecule has 1 aliphatic carbocycles. The van der Waals surface area contributed by atoms with Crippen molar-refractivity contribution in [2.24, 2.45) is 11.8 Å². The Labute approximate surface area is 125 Å². The van der Waals surface area contributed by atoms with Gasteiger partial charge < -0.3 is 9.84 Å². The molecule has 21 heavy (non-hydrogen) atoms. The van der Waals surface area contributed by atoms with E-state index < -0.39 is 0 Å². The van der Waals surface area contributed by atoms with E-state index in [1.807, 2.05) is 6.92 Å². The largest absolute Gasteiger partial charge is 0.356 e. The van der Waals surface area contributed by atoms with E-state index in [-0.39, 0.29) is 11.8 Å². The average molecular weight is 292 g/mol. The first-order chi connectivity index (χ1) is 10.2. The fourth-order valence-corrected chi connectivity index (χ4v) is 2.81. The monoisotopic (exact) mass is 292 g/mol.